The Balaban J connectivity index is 1.96. The van der Waals surface area contributed by atoms with E-state index in [9.17, 15) is 5.11 Å². The monoisotopic (exact) mass is 197 g/mol. The lowest BCUT2D eigenvalue weighted by Crippen LogP contribution is -2.72. The van der Waals surface area contributed by atoms with Gasteiger partial charge >= 0.3 is 0 Å². The normalized spacial score (nSPS) is 60.6. The minimum absolute atomic E-state index is 0.0649. The molecule has 0 spiro atoms. The van der Waals surface area contributed by atoms with Crippen LogP contribution in [-0.2, 0) is 14.2 Å². The molecule has 14 heavy (non-hydrogen) atoms. The van der Waals surface area contributed by atoms with Crippen molar-refractivity contribution in [3.63, 3.8) is 0 Å². The lowest BCUT2D eigenvalue weighted by atomic mass is 9.61. The van der Waals surface area contributed by atoms with Gasteiger partial charge in [-0.15, -0.1) is 0 Å². The Bertz CT molecular complexity index is 278. The summed E-state index contributed by atoms with van der Waals surface area (Å²) in [5.41, 5.74) is 5.09. The van der Waals surface area contributed by atoms with Crippen molar-refractivity contribution < 1.29 is 19.3 Å². The smallest absolute Gasteiger partial charge is 0.179 e. The van der Waals surface area contributed by atoms with Gasteiger partial charge < -0.3 is 25.1 Å². The molecule has 0 aromatic rings. The van der Waals surface area contributed by atoms with Gasteiger partial charge in [-0.05, 0) is 0 Å². The fourth-order valence-corrected chi connectivity index (χ4v) is 2.92. The van der Waals surface area contributed by atoms with Gasteiger partial charge in [-0.1, -0.05) is 0 Å². The lowest BCUT2D eigenvalue weighted by molar-refractivity contribution is -0.398. The summed E-state index contributed by atoms with van der Waals surface area (Å²) in [6.07, 6.45) is 0.0837. The Morgan fingerprint density at radius 3 is 3.07 bits per heavy atom. The zero-order valence-corrected chi connectivity index (χ0v) is 7.68. The third-order valence-corrected chi connectivity index (χ3v) is 3.54. The molecule has 0 bridgehead atoms. The molecule has 1 saturated carbocycles. The van der Waals surface area contributed by atoms with Crippen LogP contribution in [0.1, 0.15) is 6.42 Å². The van der Waals surface area contributed by atoms with Gasteiger partial charge in [0.2, 0.25) is 0 Å². The molecule has 6 heteroatoms. The van der Waals surface area contributed by atoms with Crippen LogP contribution >= 0.6 is 0 Å². The molecule has 0 amide bonds. The fraction of sp³-hybridized carbons (Fsp3) is 1.00. The van der Waals surface area contributed by atoms with Crippen LogP contribution in [0, 0.1) is 5.92 Å². The summed E-state index contributed by atoms with van der Waals surface area (Å²) in [4.78, 5) is 0. The second-order valence-electron chi connectivity index (χ2n) is 4.24. The minimum atomic E-state index is -1.14. The first-order chi connectivity index (χ1) is 6.61. The van der Waals surface area contributed by atoms with Gasteiger partial charge in [0.15, 0.2) is 12.6 Å². The van der Waals surface area contributed by atoms with Crippen LogP contribution in [-0.4, -0.2) is 49.8 Å². The summed E-state index contributed by atoms with van der Waals surface area (Å²) in [7, 11) is 5.76. The lowest BCUT2D eigenvalue weighted by Gasteiger charge is -2.57. The Morgan fingerprint density at radius 2 is 2.36 bits per heavy atom. The largest absolute Gasteiger partial charge is 0.377 e. The molecule has 2 heterocycles. The predicted molar refractivity (Wildman–Crippen MR) is 46.3 cm³/mol. The summed E-state index contributed by atoms with van der Waals surface area (Å²) in [6, 6.07) is -0.513. The molecule has 76 valence electrons. The number of rotatable bonds is 1. The first-order valence-corrected chi connectivity index (χ1v) is 4.73. The van der Waals surface area contributed by atoms with E-state index in [0.29, 0.717) is 13.0 Å². The molecule has 0 aromatic carbocycles. The van der Waals surface area contributed by atoms with Crippen molar-refractivity contribution in [1.29, 1.82) is 0 Å². The molecule has 3 aliphatic rings. The quantitative estimate of drug-likeness (QED) is 0.489. The molecular formula is C8H12BNO4. The maximum Gasteiger partial charge on any atom is 0.179 e. The Kier molecular flexibility index (Phi) is 1.63. The number of nitrogens with two attached hydrogens (primary N) is 1. The predicted octanol–water partition coefficient (Wildman–Crippen LogP) is -1.71. The minimum Gasteiger partial charge on any atom is -0.377 e. The first kappa shape index (κ1) is 9.12. The highest BCUT2D eigenvalue weighted by molar-refractivity contribution is 6.11. The van der Waals surface area contributed by atoms with Crippen LogP contribution < -0.4 is 5.73 Å². The van der Waals surface area contributed by atoms with Crippen LogP contribution in [0.2, 0.25) is 0 Å². The highest BCUT2D eigenvalue weighted by Gasteiger charge is 2.73. The SMILES string of the molecule is [B][C@@H]1O[C@@]2(CN)CC3(O)OCO[C@H]1C32. The maximum atomic E-state index is 10.0. The van der Waals surface area contributed by atoms with Crippen molar-refractivity contribution in [2.24, 2.45) is 11.7 Å². The van der Waals surface area contributed by atoms with E-state index in [1.54, 1.807) is 0 Å². The van der Waals surface area contributed by atoms with Gasteiger partial charge in [-0.2, -0.15) is 0 Å². The van der Waals surface area contributed by atoms with E-state index in [1.165, 1.54) is 0 Å². The second kappa shape index (κ2) is 2.51. The van der Waals surface area contributed by atoms with Crippen LogP contribution in [0.4, 0.5) is 0 Å². The van der Waals surface area contributed by atoms with Gasteiger partial charge in [-0.25, -0.2) is 0 Å². The topological polar surface area (TPSA) is 73.9 Å². The number of hydrogen-bond acceptors (Lipinski definition) is 5. The zero-order chi connectivity index (χ0) is 9.97. The molecule has 1 aliphatic carbocycles. The third kappa shape index (κ3) is 0.839. The van der Waals surface area contributed by atoms with E-state index in [1.807, 2.05) is 0 Å². The first-order valence-electron chi connectivity index (χ1n) is 4.73. The van der Waals surface area contributed by atoms with Crippen molar-refractivity contribution >= 4 is 7.85 Å². The van der Waals surface area contributed by atoms with E-state index >= 15 is 0 Å². The number of aliphatic hydroxyl groups is 1. The van der Waals surface area contributed by atoms with E-state index in [-0.39, 0.29) is 18.8 Å². The number of hydrogen-bond donors (Lipinski definition) is 2. The van der Waals surface area contributed by atoms with Gasteiger partial charge in [0, 0.05) is 19.0 Å². The Morgan fingerprint density at radius 1 is 1.57 bits per heavy atom. The summed E-state index contributed by atoms with van der Waals surface area (Å²) < 4.78 is 16.0. The van der Waals surface area contributed by atoms with Crippen LogP contribution in [0.5, 0.6) is 0 Å². The molecule has 5 atom stereocenters. The second-order valence-corrected chi connectivity index (χ2v) is 4.24. The Labute approximate surface area is 82.9 Å². The Hall–Kier alpha value is -0.135. The molecule has 3 rings (SSSR count). The van der Waals surface area contributed by atoms with Gasteiger partial charge in [0.25, 0.3) is 0 Å². The van der Waals surface area contributed by atoms with E-state index < -0.39 is 17.4 Å². The number of ether oxygens (including phenoxy) is 3. The van der Waals surface area contributed by atoms with Crippen LogP contribution in [0.15, 0.2) is 0 Å². The fourth-order valence-electron chi connectivity index (χ4n) is 2.92. The average Bonchev–Trinajstić information content (AvgIpc) is 2.39. The summed E-state index contributed by atoms with van der Waals surface area (Å²) >= 11 is 0. The molecular weight excluding hydrogens is 185 g/mol. The standard InChI is InChI=1S/C8H12BNO4/c9-6-4-5-7(2-10,14-6)1-8(5,11)13-3-12-4/h4-6,11H,1-3,10H2/t4-,5?,6+,7+,8?/m0/s1. The molecule has 2 saturated heterocycles. The molecule has 0 aromatic heterocycles. The summed E-state index contributed by atoms with van der Waals surface area (Å²) in [6.45, 7) is 0.395. The van der Waals surface area contributed by atoms with E-state index in [0.717, 1.165) is 0 Å². The molecule has 2 aliphatic heterocycles. The van der Waals surface area contributed by atoms with Crippen molar-refractivity contribution in [2.45, 2.75) is 29.9 Å². The average molecular weight is 197 g/mol. The highest BCUT2D eigenvalue weighted by Crippen LogP contribution is 2.59. The van der Waals surface area contributed by atoms with Gasteiger partial charge in [0.05, 0.1) is 17.6 Å². The van der Waals surface area contributed by atoms with Gasteiger partial charge in [0.1, 0.15) is 7.85 Å². The van der Waals surface area contributed by atoms with Crippen LogP contribution in [0.25, 0.3) is 0 Å². The molecule has 3 fully saturated rings. The van der Waals surface area contributed by atoms with Crippen molar-refractivity contribution in [2.75, 3.05) is 13.3 Å². The summed E-state index contributed by atoms with van der Waals surface area (Å²) in [5.74, 6) is -1.39. The molecule has 5 nitrogen and oxygen atoms in total. The van der Waals surface area contributed by atoms with Crippen LogP contribution in [0.3, 0.4) is 0 Å². The molecule has 2 radical (unpaired) electrons. The molecule has 3 N–H and O–H groups in total. The molecule has 2 unspecified atom stereocenters. The van der Waals surface area contributed by atoms with E-state index in [4.69, 9.17) is 27.8 Å². The van der Waals surface area contributed by atoms with Crippen molar-refractivity contribution in [1.82, 2.24) is 0 Å². The van der Waals surface area contributed by atoms with Crippen molar-refractivity contribution in [3.8, 4) is 0 Å². The van der Waals surface area contributed by atoms with Gasteiger partial charge in [-0.3, -0.25) is 0 Å². The third-order valence-electron chi connectivity index (χ3n) is 3.54. The maximum absolute atomic E-state index is 10.0. The van der Waals surface area contributed by atoms with Crippen molar-refractivity contribution in [3.05, 3.63) is 0 Å². The highest BCUT2D eigenvalue weighted by atomic mass is 16.8. The summed E-state index contributed by atoms with van der Waals surface area (Å²) in [5, 5.41) is 10.0. The van der Waals surface area contributed by atoms with E-state index in [2.05, 4.69) is 0 Å². The zero-order valence-electron chi connectivity index (χ0n) is 7.68.